The van der Waals surface area contributed by atoms with E-state index in [4.69, 9.17) is 16.3 Å². The Labute approximate surface area is 184 Å². The monoisotopic (exact) mass is 457 g/mol. The number of amides is 1. The molecule has 1 N–H and O–H groups in total. The normalized spacial score (nSPS) is 23.3. The van der Waals surface area contributed by atoms with Crippen LogP contribution in [-0.2, 0) is 19.6 Å². The van der Waals surface area contributed by atoms with E-state index in [1.807, 2.05) is 4.90 Å². The third kappa shape index (κ3) is 4.53. The molecular formula is C21H32ClN3O4S. The maximum Gasteiger partial charge on any atom is 0.243 e. The third-order valence-corrected chi connectivity index (χ3v) is 8.53. The lowest BCUT2D eigenvalue weighted by Gasteiger charge is -2.44. The van der Waals surface area contributed by atoms with Crippen LogP contribution in [0.3, 0.4) is 0 Å². The van der Waals surface area contributed by atoms with Crippen LogP contribution in [0, 0.1) is 5.92 Å². The van der Waals surface area contributed by atoms with E-state index in [1.165, 1.54) is 10.4 Å². The number of nitrogens with zero attached hydrogens (tertiary/aromatic N) is 2. The highest BCUT2D eigenvalue weighted by Crippen LogP contribution is 2.36. The van der Waals surface area contributed by atoms with Crippen LogP contribution >= 0.6 is 11.6 Å². The summed E-state index contributed by atoms with van der Waals surface area (Å²) in [6.45, 7) is 6.06. The summed E-state index contributed by atoms with van der Waals surface area (Å²) in [5.74, 6) is 0.335. The summed E-state index contributed by atoms with van der Waals surface area (Å²) >= 11 is 6.00. The van der Waals surface area contributed by atoms with Gasteiger partial charge in [-0.05, 0) is 43.4 Å². The van der Waals surface area contributed by atoms with Gasteiger partial charge in [-0.15, -0.1) is 0 Å². The molecule has 0 unspecified atom stereocenters. The van der Waals surface area contributed by atoms with Crippen molar-refractivity contribution in [1.29, 1.82) is 0 Å². The molecule has 2 saturated heterocycles. The molecule has 2 aliphatic heterocycles. The van der Waals surface area contributed by atoms with E-state index in [-0.39, 0.29) is 22.8 Å². The number of piperidine rings is 1. The van der Waals surface area contributed by atoms with Gasteiger partial charge in [0.2, 0.25) is 15.9 Å². The van der Waals surface area contributed by atoms with Crippen LogP contribution in [0.1, 0.15) is 39.5 Å². The minimum Gasteiger partial charge on any atom is -0.385 e. The standard InChI is InChI=1S/C21H32ClN3O4S/c1-4-16(2)19-20(26)25(11-6-14-29-3)21(23-19)9-12-24(13-10-21)30(27,28)18-8-5-7-17(22)15-18/h5,7-8,15-16,19,23H,4,6,9-14H2,1-3H3/t16-,19+/m1/s1. The van der Waals surface area contributed by atoms with Crippen molar-refractivity contribution in [2.24, 2.45) is 5.92 Å². The Morgan fingerprint density at radius 2 is 2.03 bits per heavy atom. The van der Waals surface area contributed by atoms with Crippen LogP contribution in [0.5, 0.6) is 0 Å². The van der Waals surface area contributed by atoms with Crippen LogP contribution in [0.15, 0.2) is 29.2 Å². The van der Waals surface area contributed by atoms with Gasteiger partial charge in [0.1, 0.15) is 0 Å². The summed E-state index contributed by atoms with van der Waals surface area (Å²) in [6.07, 6.45) is 2.76. The lowest BCUT2D eigenvalue weighted by Crippen LogP contribution is -2.59. The third-order valence-electron chi connectivity index (χ3n) is 6.40. The van der Waals surface area contributed by atoms with Gasteiger partial charge in [-0.3, -0.25) is 10.1 Å². The highest BCUT2D eigenvalue weighted by atomic mass is 35.5. The number of carbonyl (C=O) groups excluding carboxylic acids is 1. The molecule has 2 fully saturated rings. The first kappa shape index (κ1) is 23.5. The Hall–Kier alpha value is -1.19. The maximum atomic E-state index is 13.2. The van der Waals surface area contributed by atoms with Gasteiger partial charge in [0.05, 0.1) is 16.6 Å². The van der Waals surface area contributed by atoms with Crippen molar-refractivity contribution in [3.8, 4) is 0 Å². The zero-order valence-corrected chi connectivity index (χ0v) is 19.5. The summed E-state index contributed by atoms with van der Waals surface area (Å²) in [7, 11) is -1.97. The number of ether oxygens (including phenoxy) is 1. The number of hydrogen-bond donors (Lipinski definition) is 1. The molecule has 1 amide bonds. The molecule has 1 aromatic rings. The SMILES string of the molecule is CC[C@@H](C)[C@@H]1NC2(CCN(S(=O)(=O)c3cccc(Cl)c3)CC2)N(CCCOC)C1=O. The average molecular weight is 458 g/mol. The predicted molar refractivity (Wildman–Crippen MR) is 117 cm³/mol. The molecule has 9 heteroatoms. The fourth-order valence-electron chi connectivity index (χ4n) is 4.41. The van der Waals surface area contributed by atoms with Gasteiger partial charge in [-0.1, -0.05) is 37.9 Å². The number of hydrogen-bond acceptors (Lipinski definition) is 5. The Morgan fingerprint density at radius 3 is 2.63 bits per heavy atom. The van der Waals surface area contributed by atoms with E-state index in [2.05, 4.69) is 19.2 Å². The zero-order valence-electron chi connectivity index (χ0n) is 17.9. The Morgan fingerprint density at radius 1 is 1.33 bits per heavy atom. The molecule has 0 aliphatic carbocycles. The Bertz CT molecular complexity index is 856. The topological polar surface area (TPSA) is 79.0 Å². The van der Waals surface area contributed by atoms with Gasteiger partial charge >= 0.3 is 0 Å². The molecule has 168 valence electrons. The summed E-state index contributed by atoms with van der Waals surface area (Å²) < 4.78 is 32.8. The van der Waals surface area contributed by atoms with E-state index in [0.717, 1.165) is 12.8 Å². The minimum absolute atomic E-state index is 0.117. The molecule has 1 spiro atoms. The van der Waals surface area contributed by atoms with Crippen molar-refractivity contribution in [3.05, 3.63) is 29.3 Å². The van der Waals surface area contributed by atoms with Gasteiger partial charge in [-0.2, -0.15) is 4.31 Å². The second kappa shape index (κ2) is 9.53. The van der Waals surface area contributed by atoms with Crippen molar-refractivity contribution >= 4 is 27.5 Å². The first-order valence-electron chi connectivity index (χ1n) is 10.6. The number of halogens is 1. The number of nitrogens with one attached hydrogen (secondary N) is 1. The molecule has 2 aliphatic rings. The zero-order chi connectivity index (χ0) is 21.9. The number of sulfonamides is 1. The molecule has 2 atom stereocenters. The smallest absolute Gasteiger partial charge is 0.243 e. The van der Waals surface area contributed by atoms with E-state index < -0.39 is 15.7 Å². The summed E-state index contributed by atoms with van der Waals surface area (Å²) in [5.41, 5.74) is -0.501. The second-order valence-corrected chi connectivity index (χ2v) is 10.6. The summed E-state index contributed by atoms with van der Waals surface area (Å²) in [5, 5.41) is 3.99. The Balaban J connectivity index is 1.78. The maximum absolute atomic E-state index is 13.2. The molecular weight excluding hydrogens is 426 g/mol. The van der Waals surface area contributed by atoms with Crippen molar-refractivity contribution in [2.45, 2.75) is 56.1 Å². The van der Waals surface area contributed by atoms with E-state index >= 15 is 0 Å². The minimum atomic E-state index is -3.62. The van der Waals surface area contributed by atoms with Crippen molar-refractivity contribution < 1.29 is 17.9 Å². The van der Waals surface area contributed by atoms with Gasteiger partial charge in [0.15, 0.2) is 0 Å². The fourth-order valence-corrected chi connectivity index (χ4v) is 6.15. The van der Waals surface area contributed by atoms with E-state index in [1.54, 1.807) is 25.3 Å². The largest absolute Gasteiger partial charge is 0.385 e. The first-order chi connectivity index (χ1) is 14.2. The number of benzene rings is 1. The van der Waals surface area contributed by atoms with Crippen LogP contribution in [-0.4, -0.2) is 68.6 Å². The summed E-state index contributed by atoms with van der Waals surface area (Å²) in [6, 6.07) is 6.13. The number of rotatable bonds is 8. The molecule has 0 saturated carbocycles. The molecule has 0 radical (unpaired) electrons. The average Bonchev–Trinajstić information content (AvgIpc) is 3.00. The van der Waals surface area contributed by atoms with Crippen molar-refractivity contribution in [1.82, 2.24) is 14.5 Å². The summed E-state index contributed by atoms with van der Waals surface area (Å²) in [4.78, 5) is 15.3. The molecule has 3 rings (SSSR count). The lowest BCUT2D eigenvalue weighted by molar-refractivity contribution is -0.134. The highest BCUT2D eigenvalue weighted by Gasteiger charge is 2.53. The van der Waals surface area contributed by atoms with E-state index in [0.29, 0.717) is 44.1 Å². The second-order valence-electron chi connectivity index (χ2n) is 8.24. The van der Waals surface area contributed by atoms with Gasteiger partial charge in [0.25, 0.3) is 0 Å². The fraction of sp³-hybridized carbons (Fsp3) is 0.667. The van der Waals surface area contributed by atoms with Crippen molar-refractivity contribution in [2.75, 3.05) is 33.4 Å². The molecule has 0 aromatic heterocycles. The van der Waals surface area contributed by atoms with Crippen LogP contribution in [0.4, 0.5) is 0 Å². The lowest BCUT2D eigenvalue weighted by atomic mass is 9.96. The molecule has 0 bridgehead atoms. The highest BCUT2D eigenvalue weighted by molar-refractivity contribution is 7.89. The first-order valence-corrected chi connectivity index (χ1v) is 12.4. The molecule has 1 aromatic carbocycles. The van der Waals surface area contributed by atoms with E-state index in [9.17, 15) is 13.2 Å². The van der Waals surface area contributed by atoms with Gasteiger partial charge < -0.3 is 9.64 Å². The van der Waals surface area contributed by atoms with Gasteiger partial charge in [-0.25, -0.2) is 8.42 Å². The number of methoxy groups -OCH3 is 1. The van der Waals surface area contributed by atoms with Crippen LogP contribution < -0.4 is 5.32 Å². The van der Waals surface area contributed by atoms with Crippen LogP contribution in [0.25, 0.3) is 0 Å². The molecule has 30 heavy (non-hydrogen) atoms. The Kier molecular flexibility index (Phi) is 7.45. The molecule has 7 nitrogen and oxygen atoms in total. The predicted octanol–water partition coefficient (Wildman–Crippen LogP) is 2.70. The quantitative estimate of drug-likeness (QED) is 0.607. The van der Waals surface area contributed by atoms with Crippen molar-refractivity contribution in [3.63, 3.8) is 0 Å². The number of carbonyl (C=O) groups is 1. The molecule has 2 heterocycles. The van der Waals surface area contributed by atoms with Gasteiger partial charge in [0, 0.05) is 38.4 Å². The van der Waals surface area contributed by atoms with Crippen LogP contribution in [0.2, 0.25) is 5.02 Å².